The van der Waals surface area contributed by atoms with Gasteiger partial charge in [0.2, 0.25) is 0 Å². The molecule has 1 heterocycles. The smallest absolute Gasteiger partial charge is 0.339 e. The lowest BCUT2D eigenvalue weighted by Crippen LogP contribution is -2.16. The number of nitrogens with one attached hydrogen (secondary N) is 2. The lowest BCUT2D eigenvalue weighted by atomic mass is 10.2. The highest BCUT2D eigenvalue weighted by Gasteiger charge is 2.29. The molecule has 0 saturated heterocycles. The Morgan fingerprint density at radius 2 is 1.54 bits per heavy atom. The van der Waals surface area contributed by atoms with Crippen molar-refractivity contribution in [2.24, 2.45) is 0 Å². The number of anilines is 3. The lowest BCUT2D eigenvalue weighted by Gasteiger charge is -2.09. The largest absolute Gasteiger partial charge is 0.416 e. The van der Waals surface area contributed by atoms with Crippen LogP contribution in [-0.2, 0) is 6.18 Å². The Bertz CT molecular complexity index is 968. The van der Waals surface area contributed by atoms with E-state index in [2.05, 4.69) is 20.6 Å². The van der Waals surface area contributed by atoms with Crippen molar-refractivity contribution in [3.05, 3.63) is 77.8 Å². The third-order valence-electron chi connectivity index (χ3n) is 3.57. The summed E-state index contributed by atoms with van der Waals surface area (Å²) in [5.41, 5.74) is -1.29. The molecule has 2 N–H and O–H groups in total. The minimum Gasteiger partial charge on any atom is -0.339 e. The van der Waals surface area contributed by atoms with E-state index in [0.717, 1.165) is 42.7 Å². The van der Waals surface area contributed by atoms with Gasteiger partial charge >= 0.3 is 6.18 Å². The lowest BCUT2D eigenvalue weighted by molar-refractivity contribution is -0.137. The first-order valence-corrected chi connectivity index (χ1v) is 7.76. The summed E-state index contributed by atoms with van der Waals surface area (Å²) in [6.45, 7) is 0. The molecule has 5 nitrogen and oxygen atoms in total. The van der Waals surface area contributed by atoms with Gasteiger partial charge in [-0.2, -0.15) is 13.2 Å². The Kier molecular flexibility index (Phi) is 5.21. The molecular formula is C18H11F5N4O. The Morgan fingerprint density at radius 1 is 0.893 bits per heavy atom. The number of aromatic nitrogens is 2. The van der Waals surface area contributed by atoms with Crippen LogP contribution in [0.5, 0.6) is 0 Å². The van der Waals surface area contributed by atoms with Crippen molar-refractivity contribution < 1.29 is 26.7 Å². The topological polar surface area (TPSA) is 66.9 Å². The maximum Gasteiger partial charge on any atom is 0.416 e. The normalized spacial score (nSPS) is 11.2. The molecular weight excluding hydrogens is 383 g/mol. The highest BCUT2D eigenvalue weighted by Crippen LogP contribution is 2.30. The summed E-state index contributed by atoms with van der Waals surface area (Å²) in [7, 11) is 0. The molecule has 0 saturated carbocycles. The molecule has 28 heavy (non-hydrogen) atoms. The number of rotatable bonds is 4. The average molecular weight is 394 g/mol. The standard InChI is InChI=1S/C18H11F5N4O/c19-12-2-1-3-13(20)16(12)27-17(28)14-8-25-15(9-24-14)26-11-6-4-10(5-7-11)18(21,22)23/h1-9H,(H,25,26)(H,27,28). The Morgan fingerprint density at radius 3 is 2.07 bits per heavy atom. The van der Waals surface area contributed by atoms with Crippen LogP contribution >= 0.6 is 0 Å². The fraction of sp³-hybridized carbons (Fsp3) is 0.0556. The van der Waals surface area contributed by atoms with E-state index < -0.39 is 35.0 Å². The van der Waals surface area contributed by atoms with Gasteiger partial charge < -0.3 is 10.6 Å². The van der Waals surface area contributed by atoms with Crippen molar-refractivity contribution in [3.63, 3.8) is 0 Å². The maximum atomic E-state index is 13.6. The number of hydrogen-bond acceptors (Lipinski definition) is 4. The number of nitrogens with zero attached hydrogens (tertiary/aromatic N) is 2. The first-order valence-electron chi connectivity index (χ1n) is 7.76. The van der Waals surface area contributed by atoms with E-state index in [9.17, 15) is 26.7 Å². The minimum atomic E-state index is -4.44. The van der Waals surface area contributed by atoms with E-state index in [4.69, 9.17) is 0 Å². The molecule has 0 bridgehead atoms. The van der Waals surface area contributed by atoms with Crippen LogP contribution in [0.25, 0.3) is 0 Å². The monoisotopic (exact) mass is 394 g/mol. The third-order valence-corrected chi connectivity index (χ3v) is 3.57. The quantitative estimate of drug-likeness (QED) is 0.626. The summed E-state index contributed by atoms with van der Waals surface area (Å²) in [4.78, 5) is 19.8. The van der Waals surface area contributed by atoms with Crippen LogP contribution in [0, 0.1) is 11.6 Å². The summed E-state index contributed by atoms with van der Waals surface area (Å²) < 4.78 is 64.8. The summed E-state index contributed by atoms with van der Waals surface area (Å²) >= 11 is 0. The summed E-state index contributed by atoms with van der Waals surface area (Å²) in [6.07, 6.45) is -2.23. The fourth-order valence-corrected chi connectivity index (χ4v) is 2.20. The van der Waals surface area contributed by atoms with E-state index >= 15 is 0 Å². The molecule has 0 atom stereocenters. The van der Waals surface area contributed by atoms with Crippen molar-refractivity contribution in [2.45, 2.75) is 6.18 Å². The first kappa shape index (κ1) is 19.2. The average Bonchev–Trinajstić information content (AvgIpc) is 2.65. The van der Waals surface area contributed by atoms with E-state index in [0.29, 0.717) is 5.69 Å². The predicted molar refractivity (Wildman–Crippen MR) is 91.1 cm³/mol. The highest BCUT2D eigenvalue weighted by molar-refractivity contribution is 6.02. The Labute approximate surface area is 155 Å². The molecule has 10 heteroatoms. The molecule has 3 aromatic rings. The number of alkyl halides is 3. The predicted octanol–water partition coefficient (Wildman–Crippen LogP) is 4.77. The van der Waals surface area contributed by atoms with E-state index in [1.54, 1.807) is 0 Å². The van der Waals surface area contributed by atoms with E-state index in [1.807, 2.05) is 0 Å². The van der Waals surface area contributed by atoms with Gasteiger partial charge in [-0.05, 0) is 36.4 Å². The number of halogens is 5. The van der Waals surface area contributed by atoms with Crippen molar-refractivity contribution in [1.29, 1.82) is 0 Å². The van der Waals surface area contributed by atoms with Gasteiger partial charge in [-0.25, -0.2) is 18.7 Å². The molecule has 0 radical (unpaired) electrons. The zero-order valence-electron chi connectivity index (χ0n) is 13.9. The molecule has 2 aromatic carbocycles. The molecule has 1 amide bonds. The zero-order valence-corrected chi connectivity index (χ0v) is 13.9. The van der Waals surface area contributed by atoms with Crippen molar-refractivity contribution in [3.8, 4) is 0 Å². The van der Waals surface area contributed by atoms with Gasteiger partial charge in [-0.15, -0.1) is 0 Å². The van der Waals surface area contributed by atoms with Crippen molar-refractivity contribution in [1.82, 2.24) is 9.97 Å². The van der Waals surface area contributed by atoms with Gasteiger partial charge in [0.1, 0.15) is 28.8 Å². The molecule has 0 fully saturated rings. The SMILES string of the molecule is O=C(Nc1c(F)cccc1F)c1cnc(Nc2ccc(C(F)(F)F)cc2)cn1. The highest BCUT2D eigenvalue weighted by atomic mass is 19.4. The second kappa shape index (κ2) is 7.59. The maximum absolute atomic E-state index is 13.6. The van der Waals surface area contributed by atoms with Gasteiger partial charge in [-0.3, -0.25) is 4.79 Å². The Balaban J connectivity index is 1.68. The van der Waals surface area contributed by atoms with Crippen LogP contribution in [0.2, 0.25) is 0 Å². The van der Waals surface area contributed by atoms with Crippen LogP contribution in [0.3, 0.4) is 0 Å². The molecule has 144 valence electrons. The number of carbonyl (C=O) groups is 1. The molecule has 0 unspecified atom stereocenters. The fourth-order valence-electron chi connectivity index (χ4n) is 2.20. The van der Waals surface area contributed by atoms with Gasteiger partial charge in [0, 0.05) is 5.69 Å². The molecule has 0 aliphatic rings. The van der Waals surface area contributed by atoms with Gasteiger partial charge in [0.05, 0.1) is 18.0 Å². The van der Waals surface area contributed by atoms with Gasteiger partial charge in [0.25, 0.3) is 5.91 Å². The number of carbonyl (C=O) groups excluding carboxylic acids is 1. The second-order valence-electron chi connectivity index (χ2n) is 5.54. The molecule has 1 aromatic heterocycles. The van der Waals surface area contributed by atoms with E-state index in [1.165, 1.54) is 12.1 Å². The van der Waals surface area contributed by atoms with Crippen molar-refractivity contribution >= 4 is 23.1 Å². The van der Waals surface area contributed by atoms with Gasteiger partial charge in [-0.1, -0.05) is 6.07 Å². The molecule has 0 spiro atoms. The number of hydrogen-bond donors (Lipinski definition) is 2. The first-order chi connectivity index (χ1) is 13.2. The van der Waals surface area contributed by atoms with Crippen LogP contribution in [-0.4, -0.2) is 15.9 Å². The minimum absolute atomic E-state index is 0.161. The Hall–Kier alpha value is -3.56. The zero-order chi connectivity index (χ0) is 20.3. The molecule has 0 aliphatic carbocycles. The summed E-state index contributed by atoms with van der Waals surface area (Å²) in [5, 5.41) is 4.79. The third kappa shape index (κ3) is 4.40. The molecule has 0 aliphatic heterocycles. The number of benzene rings is 2. The summed E-state index contributed by atoms with van der Waals surface area (Å²) in [6, 6.07) is 7.37. The van der Waals surface area contributed by atoms with Gasteiger partial charge in [0.15, 0.2) is 0 Å². The summed E-state index contributed by atoms with van der Waals surface area (Å²) in [5.74, 6) is -2.60. The van der Waals surface area contributed by atoms with Crippen LogP contribution in [0.4, 0.5) is 39.1 Å². The second-order valence-corrected chi connectivity index (χ2v) is 5.54. The number of amides is 1. The number of para-hydroxylation sites is 1. The van der Waals surface area contributed by atoms with Crippen LogP contribution in [0.1, 0.15) is 16.1 Å². The van der Waals surface area contributed by atoms with Crippen LogP contribution in [0.15, 0.2) is 54.9 Å². The van der Waals surface area contributed by atoms with Crippen LogP contribution < -0.4 is 10.6 Å². The van der Waals surface area contributed by atoms with E-state index in [-0.39, 0.29) is 11.5 Å². The molecule has 3 rings (SSSR count). The van der Waals surface area contributed by atoms with Crippen molar-refractivity contribution in [2.75, 3.05) is 10.6 Å².